The van der Waals surface area contributed by atoms with Crippen molar-refractivity contribution in [2.75, 3.05) is 5.32 Å². The van der Waals surface area contributed by atoms with Gasteiger partial charge in [-0.15, -0.1) is 11.3 Å². The summed E-state index contributed by atoms with van der Waals surface area (Å²) in [5.74, 6) is 0.756. The monoisotopic (exact) mass is 355 g/mol. The highest BCUT2D eigenvalue weighted by Crippen LogP contribution is 2.32. The molecule has 25 heavy (non-hydrogen) atoms. The third-order valence-electron chi connectivity index (χ3n) is 3.27. The number of rotatable bonds is 5. The van der Waals surface area contributed by atoms with Gasteiger partial charge in [0.05, 0.1) is 12.2 Å². The van der Waals surface area contributed by atoms with Crippen LogP contribution < -0.4 is 5.32 Å². The van der Waals surface area contributed by atoms with Crippen molar-refractivity contribution >= 4 is 22.6 Å². The number of aromatic nitrogens is 4. The third kappa shape index (κ3) is 5.00. The number of aryl methyl sites for hydroxylation is 2. The summed E-state index contributed by atoms with van der Waals surface area (Å²) < 4.78 is 0. The van der Waals surface area contributed by atoms with Gasteiger partial charge < -0.3 is 5.32 Å². The number of carbonyl (C=O) groups excluding carboxylic acids is 2. The summed E-state index contributed by atoms with van der Waals surface area (Å²) in [6, 6.07) is 5.82. The van der Waals surface area contributed by atoms with Crippen molar-refractivity contribution in [2.45, 2.75) is 26.8 Å². The zero-order valence-corrected chi connectivity index (χ0v) is 14.7. The van der Waals surface area contributed by atoms with E-state index in [1.54, 1.807) is 23.7 Å². The fraction of sp³-hybridized carbons (Fsp3) is 0.235. The summed E-state index contributed by atoms with van der Waals surface area (Å²) in [7, 11) is 0. The first-order chi connectivity index (χ1) is 12.2. The molecule has 3 aromatic heterocycles. The molecule has 0 aromatic carbocycles. The van der Waals surface area contributed by atoms with E-state index in [1.165, 1.54) is 4.88 Å². The van der Waals surface area contributed by atoms with Crippen molar-refractivity contribution < 1.29 is 9.59 Å². The van der Waals surface area contributed by atoms with Gasteiger partial charge >= 0.3 is 6.15 Å². The van der Waals surface area contributed by atoms with E-state index < -0.39 is 0 Å². The van der Waals surface area contributed by atoms with E-state index in [1.807, 2.05) is 18.3 Å². The topological polar surface area (TPSA) is 97.7 Å². The fourth-order valence-electron chi connectivity index (χ4n) is 2.16. The van der Waals surface area contributed by atoms with Gasteiger partial charge in [-0.1, -0.05) is 13.0 Å². The Balaban J connectivity index is 0.000000701. The fourth-order valence-corrected chi connectivity index (χ4v) is 3.06. The summed E-state index contributed by atoms with van der Waals surface area (Å²) in [4.78, 5) is 35.1. The van der Waals surface area contributed by atoms with E-state index in [2.05, 4.69) is 40.2 Å². The SMILES string of the molecule is CCc1sc(NCc2ncccn2)nc1-c1ncccc1C.O=C=O. The van der Waals surface area contributed by atoms with Crippen LogP contribution in [0.3, 0.4) is 0 Å². The molecule has 3 heterocycles. The first-order valence-corrected chi connectivity index (χ1v) is 8.42. The summed E-state index contributed by atoms with van der Waals surface area (Å²) in [6.07, 6.45) is 6.48. The Labute approximate surface area is 149 Å². The highest BCUT2D eigenvalue weighted by Gasteiger charge is 2.14. The Morgan fingerprint density at radius 3 is 2.40 bits per heavy atom. The van der Waals surface area contributed by atoms with E-state index >= 15 is 0 Å². The molecule has 0 aliphatic heterocycles. The van der Waals surface area contributed by atoms with Gasteiger partial charge in [0.2, 0.25) is 0 Å². The molecule has 0 fully saturated rings. The van der Waals surface area contributed by atoms with Crippen LogP contribution in [0.1, 0.15) is 23.2 Å². The smallest absolute Gasteiger partial charge is 0.354 e. The maximum atomic E-state index is 8.12. The summed E-state index contributed by atoms with van der Waals surface area (Å²) in [6.45, 7) is 4.77. The van der Waals surface area contributed by atoms with E-state index in [0.29, 0.717) is 6.54 Å². The molecule has 0 unspecified atom stereocenters. The molecule has 3 rings (SSSR count). The number of hydrogen-bond acceptors (Lipinski definition) is 8. The summed E-state index contributed by atoms with van der Waals surface area (Å²) in [5.41, 5.74) is 3.07. The summed E-state index contributed by atoms with van der Waals surface area (Å²) in [5, 5.41) is 4.18. The number of thiazole rings is 1. The Morgan fingerprint density at radius 1 is 1.08 bits per heavy atom. The van der Waals surface area contributed by atoms with Crippen molar-refractivity contribution in [3.63, 3.8) is 0 Å². The van der Waals surface area contributed by atoms with Gasteiger partial charge in [0.1, 0.15) is 11.5 Å². The van der Waals surface area contributed by atoms with E-state index in [-0.39, 0.29) is 6.15 Å². The largest absolute Gasteiger partial charge is 0.373 e. The number of hydrogen-bond donors (Lipinski definition) is 1. The zero-order valence-electron chi connectivity index (χ0n) is 13.9. The lowest BCUT2D eigenvalue weighted by atomic mass is 10.1. The lowest BCUT2D eigenvalue weighted by Gasteiger charge is -2.02. The van der Waals surface area contributed by atoms with E-state index in [4.69, 9.17) is 14.6 Å². The normalized spacial score (nSPS) is 9.68. The molecule has 0 bridgehead atoms. The molecule has 0 aliphatic rings. The van der Waals surface area contributed by atoms with Crippen LogP contribution in [-0.4, -0.2) is 26.1 Å². The Hall–Kier alpha value is -2.96. The van der Waals surface area contributed by atoms with Crippen LogP contribution in [0.4, 0.5) is 5.13 Å². The average molecular weight is 355 g/mol. The molecular formula is C17H17N5O2S. The van der Waals surface area contributed by atoms with Crippen LogP contribution in [0.25, 0.3) is 11.4 Å². The lowest BCUT2D eigenvalue weighted by Crippen LogP contribution is -2.03. The van der Waals surface area contributed by atoms with Crippen LogP contribution in [-0.2, 0) is 22.6 Å². The van der Waals surface area contributed by atoms with Crippen molar-refractivity contribution in [1.29, 1.82) is 0 Å². The minimum absolute atomic E-state index is 0.250. The predicted molar refractivity (Wildman–Crippen MR) is 93.8 cm³/mol. The highest BCUT2D eigenvalue weighted by molar-refractivity contribution is 7.16. The molecule has 0 aliphatic carbocycles. The number of nitrogens with one attached hydrogen (secondary N) is 1. The van der Waals surface area contributed by atoms with E-state index in [9.17, 15) is 0 Å². The first kappa shape index (κ1) is 18.4. The second kappa shape index (κ2) is 9.36. The maximum absolute atomic E-state index is 8.12. The van der Waals surface area contributed by atoms with Crippen LogP contribution in [0.2, 0.25) is 0 Å². The lowest BCUT2D eigenvalue weighted by molar-refractivity contribution is -0.191. The molecule has 7 nitrogen and oxygen atoms in total. The molecule has 0 saturated heterocycles. The van der Waals surface area contributed by atoms with Crippen molar-refractivity contribution in [3.8, 4) is 11.4 Å². The minimum atomic E-state index is 0.250. The van der Waals surface area contributed by atoms with Crippen LogP contribution in [0.15, 0.2) is 36.8 Å². The molecule has 128 valence electrons. The molecule has 0 radical (unpaired) electrons. The maximum Gasteiger partial charge on any atom is 0.373 e. The Morgan fingerprint density at radius 2 is 1.76 bits per heavy atom. The Bertz CT molecular complexity index is 845. The molecule has 0 amide bonds. The molecule has 0 saturated carbocycles. The molecule has 1 N–H and O–H groups in total. The van der Waals surface area contributed by atoms with Crippen molar-refractivity contribution in [1.82, 2.24) is 19.9 Å². The number of pyridine rings is 1. The molecule has 8 heteroatoms. The van der Waals surface area contributed by atoms with Gasteiger partial charge in [0.15, 0.2) is 5.13 Å². The molecule has 0 atom stereocenters. The van der Waals surface area contributed by atoms with Gasteiger partial charge in [-0.2, -0.15) is 9.59 Å². The quantitative estimate of drug-likeness (QED) is 0.751. The van der Waals surface area contributed by atoms with Crippen LogP contribution in [0.5, 0.6) is 0 Å². The average Bonchev–Trinajstić information content (AvgIpc) is 3.05. The van der Waals surface area contributed by atoms with Crippen LogP contribution in [0, 0.1) is 6.92 Å². The third-order valence-corrected chi connectivity index (χ3v) is 4.43. The number of anilines is 1. The highest BCUT2D eigenvalue weighted by atomic mass is 32.1. The van der Waals surface area contributed by atoms with E-state index in [0.717, 1.165) is 34.3 Å². The van der Waals surface area contributed by atoms with Crippen molar-refractivity contribution in [3.05, 3.63) is 53.1 Å². The standard InChI is InChI=1S/C16H17N5S.CO2/c1-3-12-15(14-11(2)6-4-7-19-14)21-16(22-12)20-10-13-17-8-5-9-18-13;2-1-3/h4-9H,3,10H2,1-2H3,(H,20,21);. The van der Waals surface area contributed by atoms with Gasteiger partial charge in [0, 0.05) is 23.5 Å². The predicted octanol–water partition coefficient (Wildman–Crippen LogP) is 2.89. The molecular weight excluding hydrogens is 338 g/mol. The second-order valence-corrected chi connectivity index (χ2v) is 6.00. The number of nitrogens with zero attached hydrogens (tertiary/aromatic N) is 4. The van der Waals surface area contributed by atoms with Crippen molar-refractivity contribution in [2.24, 2.45) is 0 Å². The molecule has 3 aromatic rings. The van der Waals surface area contributed by atoms with Gasteiger partial charge in [-0.05, 0) is 31.0 Å². The molecule has 0 spiro atoms. The zero-order chi connectivity index (χ0) is 18.1. The second-order valence-electron chi connectivity index (χ2n) is 4.92. The Kier molecular flexibility index (Phi) is 6.88. The first-order valence-electron chi connectivity index (χ1n) is 7.60. The summed E-state index contributed by atoms with van der Waals surface area (Å²) >= 11 is 1.66. The van der Waals surface area contributed by atoms with Gasteiger partial charge in [-0.25, -0.2) is 15.0 Å². The van der Waals surface area contributed by atoms with Gasteiger partial charge in [0.25, 0.3) is 0 Å². The minimum Gasteiger partial charge on any atom is -0.354 e. The van der Waals surface area contributed by atoms with Crippen LogP contribution >= 0.6 is 11.3 Å². The van der Waals surface area contributed by atoms with Gasteiger partial charge in [-0.3, -0.25) is 4.98 Å².